The highest BCUT2D eigenvalue weighted by Crippen LogP contribution is 2.29. The first-order chi connectivity index (χ1) is 22.0. The molecular weight excluding hydrogens is 612 g/mol. The molecule has 0 bridgehead atoms. The number of aryl methyl sites for hydroxylation is 1. The Labute approximate surface area is 266 Å². The highest BCUT2D eigenvalue weighted by molar-refractivity contribution is 5.95. The Bertz CT molecular complexity index is 2130. The summed E-state index contributed by atoms with van der Waals surface area (Å²) in [6, 6.07) is 13.8. The number of amides is 1. The highest BCUT2D eigenvalue weighted by atomic mass is 16.5. The minimum Gasteiger partial charge on any atom is -0.477 e. The number of carbonyl (C=O) groups excluding carboxylic acids is 2. The van der Waals surface area contributed by atoms with Gasteiger partial charge in [0.25, 0.3) is 22.5 Å². The monoisotopic (exact) mass is 644 g/mol. The van der Waals surface area contributed by atoms with Crippen LogP contribution in [0.1, 0.15) is 73.5 Å². The SMILES string of the molecule is C.COC(=O)c1ccc2c(c1)CC[C@@H]2N.Nc1c(NCc2cccc(CNC(=O)c3cc(C(=O)O)n4[nH]c(=O)nc4n3)c2)c(=O)c1=O. The number of ether oxygens (including phenoxy) is 1. The third-order valence-corrected chi connectivity index (χ3v) is 7.34. The van der Waals surface area contributed by atoms with E-state index in [0.717, 1.165) is 34.6 Å². The van der Waals surface area contributed by atoms with E-state index in [9.17, 15) is 33.9 Å². The number of nitrogen functional groups attached to an aromatic ring is 1. The second kappa shape index (κ2) is 13.9. The van der Waals surface area contributed by atoms with Crippen molar-refractivity contribution < 1.29 is 24.2 Å². The van der Waals surface area contributed by atoms with E-state index in [-0.39, 0.29) is 61.1 Å². The van der Waals surface area contributed by atoms with Gasteiger partial charge in [0.15, 0.2) is 5.69 Å². The summed E-state index contributed by atoms with van der Waals surface area (Å²) in [5, 5.41) is 16.9. The number of aromatic nitrogens is 4. The van der Waals surface area contributed by atoms with Crippen molar-refractivity contribution >= 4 is 35.0 Å². The molecule has 0 aliphatic heterocycles. The van der Waals surface area contributed by atoms with Crippen LogP contribution in [0.25, 0.3) is 5.78 Å². The summed E-state index contributed by atoms with van der Waals surface area (Å²) in [6.07, 6.45) is 1.93. The molecule has 1 aliphatic carbocycles. The zero-order chi connectivity index (χ0) is 33.1. The molecule has 3 aromatic carbocycles. The summed E-state index contributed by atoms with van der Waals surface area (Å²) in [5.74, 6) is -2.56. The van der Waals surface area contributed by atoms with Gasteiger partial charge in [-0.2, -0.15) is 4.98 Å². The number of aromatic amines is 1. The molecule has 2 heterocycles. The molecule has 0 fully saturated rings. The molecule has 244 valence electrons. The topological polar surface area (TPSA) is 254 Å². The van der Waals surface area contributed by atoms with Gasteiger partial charge in [-0.3, -0.25) is 14.4 Å². The lowest BCUT2D eigenvalue weighted by molar-refractivity contribution is 0.0599. The number of benzene rings is 2. The van der Waals surface area contributed by atoms with Gasteiger partial charge in [-0.05, 0) is 47.2 Å². The number of hydrogen-bond donors (Lipinski definition) is 6. The Hall–Kier alpha value is -6.16. The fourth-order valence-electron chi connectivity index (χ4n) is 4.96. The molecule has 47 heavy (non-hydrogen) atoms. The number of carboxylic acids is 1. The zero-order valence-electron chi connectivity index (χ0n) is 24.3. The minimum absolute atomic E-state index is 0. The number of nitrogens with two attached hydrogens (primary N) is 2. The number of nitrogens with one attached hydrogen (secondary N) is 3. The predicted octanol–water partition coefficient (Wildman–Crippen LogP) is 0.891. The second-order valence-electron chi connectivity index (χ2n) is 10.3. The predicted molar refractivity (Wildman–Crippen MR) is 171 cm³/mol. The van der Waals surface area contributed by atoms with Crippen molar-refractivity contribution in [3.05, 3.63) is 119 Å². The van der Waals surface area contributed by atoms with Gasteiger partial charge in [-0.15, -0.1) is 0 Å². The largest absolute Gasteiger partial charge is 0.477 e. The molecule has 0 unspecified atom stereocenters. The quantitative estimate of drug-likeness (QED) is 0.101. The van der Waals surface area contributed by atoms with E-state index in [4.69, 9.17) is 11.5 Å². The molecule has 0 spiro atoms. The summed E-state index contributed by atoms with van der Waals surface area (Å²) < 4.78 is 5.53. The molecular formula is C31H32N8O8. The molecule has 0 saturated heterocycles. The molecule has 0 radical (unpaired) electrons. The Kier molecular flexibility index (Phi) is 9.95. The highest BCUT2D eigenvalue weighted by Gasteiger charge is 2.21. The number of carbonyl (C=O) groups is 3. The third-order valence-electron chi connectivity index (χ3n) is 7.34. The normalized spacial score (nSPS) is 13.2. The molecule has 2 aromatic heterocycles. The van der Waals surface area contributed by atoms with Crippen LogP contribution in [0, 0.1) is 0 Å². The maximum absolute atomic E-state index is 12.5. The summed E-state index contributed by atoms with van der Waals surface area (Å²) in [7, 11) is 1.39. The zero-order valence-corrected chi connectivity index (χ0v) is 24.3. The van der Waals surface area contributed by atoms with Gasteiger partial charge in [0.05, 0.1) is 12.7 Å². The number of fused-ring (bicyclic) bond motifs is 2. The number of rotatable bonds is 8. The number of carboxylic acid groups (broad SMARTS) is 1. The average Bonchev–Trinajstić information content (AvgIpc) is 3.63. The van der Waals surface area contributed by atoms with Gasteiger partial charge < -0.3 is 31.9 Å². The number of esters is 1. The van der Waals surface area contributed by atoms with Crippen LogP contribution in [0.15, 0.2) is 62.9 Å². The van der Waals surface area contributed by atoms with Crippen molar-refractivity contribution in [2.75, 3.05) is 18.2 Å². The average molecular weight is 645 g/mol. The molecule has 5 aromatic rings. The summed E-state index contributed by atoms with van der Waals surface area (Å²) in [4.78, 5) is 76.6. The molecule has 1 aliphatic rings. The number of methoxy groups -OCH3 is 1. The van der Waals surface area contributed by atoms with E-state index >= 15 is 0 Å². The Morgan fingerprint density at radius 2 is 1.77 bits per heavy atom. The maximum atomic E-state index is 12.5. The molecule has 8 N–H and O–H groups in total. The van der Waals surface area contributed by atoms with Gasteiger partial charge >= 0.3 is 17.6 Å². The number of hydrogen-bond acceptors (Lipinski definition) is 12. The third kappa shape index (κ3) is 7.07. The van der Waals surface area contributed by atoms with E-state index < -0.39 is 28.4 Å². The van der Waals surface area contributed by atoms with Crippen LogP contribution in [0.5, 0.6) is 0 Å². The van der Waals surface area contributed by atoms with Crippen molar-refractivity contribution in [1.82, 2.24) is 24.9 Å². The number of aromatic carboxylic acids is 1. The maximum Gasteiger partial charge on any atom is 0.363 e. The lowest BCUT2D eigenvalue weighted by Gasteiger charge is -2.11. The standard InChI is InChI=1S/C19H15N7O6.C11H13NO2.CH4/c20-12-13(15(28)14(12)27)21-6-8-2-1-3-9(4-8)7-22-16(29)10-5-11(17(30)31)26-18(23-10)24-19(32)25-26;1-14-11(13)8-2-4-9-7(6-8)3-5-10(9)12;/h1-5,21H,6-7,20H2,(H,22,29)(H,25,32)(H,30,31);2,4,6,10H,3,5,12H2,1H3;1H4/t;10-;/m.0./s1. The van der Waals surface area contributed by atoms with Crippen molar-refractivity contribution in [3.8, 4) is 0 Å². The van der Waals surface area contributed by atoms with E-state index in [1.54, 1.807) is 30.3 Å². The molecule has 1 atom stereocenters. The molecule has 1 amide bonds. The summed E-state index contributed by atoms with van der Waals surface area (Å²) in [6.45, 7) is 0.336. The van der Waals surface area contributed by atoms with E-state index in [0.29, 0.717) is 11.1 Å². The van der Waals surface area contributed by atoms with Crippen LogP contribution >= 0.6 is 0 Å². The van der Waals surface area contributed by atoms with Gasteiger partial charge in [-0.25, -0.2) is 29.0 Å². The van der Waals surface area contributed by atoms with Crippen LogP contribution in [0.3, 0.4) is 0 Å². The van der Waals surface area contributed by atoms with Crippen LogP contribution in [-0.2, 0) is 24.2 Å². The van der Waals surface area contributed by atoms with Crippen molar-refractivity contribution in [1.29, 1.82) is 0 Å². The smallest absolute Gasteiger partial charge is 0.363 e. The van der Waals surface area contributed by atoms with Gasteiger partial charge in [0, 0.05) is 25.2 Å². The van der Waals surface area contributed by atoms with Crippen molar-refractivity contribution in [2.24, 2.45) is 5.73 Å². The van der Waals surface area contributed by atoms with Crippen molar-refractivity contribution in [2.45, 2.75) is 39.4 Å². The van der Waals surface area contributed by atoms with Gasteiger partial charge in [0.1, 0.15) is 17.1 Å². The summed E-state index contributed by atoms with van der Waals surface area (Å²) in [5.41, 5.74) is 13.0. The van der Waals surface area contributed by atoms with Crippen LogP contribution in [0.2, 0.25) is 0 Å². The van der Waals surface area contributed by atoms with E-state index in [1.165, 1.54) is 12.7 Å². The lowest BCUT2D eigenvalue weighted by atomic mass is 10.1. The van der Waals surface area contributed by atoms with Gasteiger partial charge in [0.2, 0.25) is 0 Å². The molecule has 16 heteroatoms. The number of nitrogens with zero attached hydrogens (tertiary/aromatic N) is 3. The molecule has 0 saturated carbocycles. The van der Waals surface area contributed by atoms with Gasteiger partial charge in [-0.1, -0.05) is 37.8 Å². The Balaban J connectivity index is 0.000000279. The summed E-state index contributed by atoms with van der Waals surface area (Å²) >= 11 is 0. The van der Waals surface area contributed by atoms with E-state index in [2.05, 4.69) is 30.4 Å². The number of H-pyrrole nitrogens is 1. The number of anilines is 2. The van der Waals surface area contributed by atoms with Crippen LogP contribution in [-0.4, -0.2) is 49.6 Å². The molecule has 16 nitrogen and oxygen atoms in total. The first kappa shape index (κ1) is 33.7. The first-order valence-corrected chi connectivity index (χ1v) is 13.8. The molecule has 6 rings (SSSR count). The Morgan fingerprint density at radius 3 is 2.45 bits per heavy atom. The second-order valence-corrected chi connectivity index (χ2v) is 10.3. The fourth-order valence-corrected chi connectivity index (χ4v) is 4.96. The first-order valence-electron chi connectivity index (χ1n) is 13.8. The lowest BCUT2D eigenvalue weighted by Crippen LogP contribution is -2.36. The Morgan fingerprint density at radius 1 is 1.04 bits per heavy atom. The van der Waals surface area contributed by atoms with Crippen molar-refractivity contribution in [3.63, 3.8) is 0 Å². The fraction of sp³-hybridized carbons (Fsp3) is 0.226. The van der Waals surface area contributed by atoms with Crippen LogP contribution < -0.4 is 38.6 Å². The van der Waals surface area contributed by atoms with E-state index in [1.807, 2.05) is 12.1 Å². The van der Waals surface area contributed by atoms with Crippen LogP contribution in [0.4, 0.5) is 11.4 Å². The minimum atomic E-state index is -1.37.